The Kier molecular flexibility index (Phi) is 4.63. The molecule has 0 aliphatic rings. The molecular weight excluding hydrogens is 245 g/mol. The highest BCUT2D eigenvalue weighted by Gasteiger charge is 2.08. The van der Waals surface area contributed by atoms with Crippen LogP contribution in [0.25, 0.3) is 0 Å². The summed E-state index contributed by atoms with van der Waals surface area (Å²) in [5.74, 6) is 0.959. The summed E-state index contributed by atoms with van der Waals surface area (Å²) in [5, 5.41) is 7.21. The van der Waals surface area contributed by atoms with Crippen LogP contribution in [-0.2, 0) is 13.0 Å². The van der Waals surface area contributed by atoms with Crippen molar-refractivity contribution >= 4 is 0 Å². The lowest BCUT2D eigenvalue weighted by molar-refractivity contribution is 0.354. The summed E-state index contributed by atoms with van der Waals surface area (Å²) >= 11 is 0. The van der Waals surface area contributed by atoms with Gasteiger partial charge in [-0.3, -0.25) is 0 Å². The summed E-state index contributed by atoms with van der Waals surface area (Å²) in [6.45, 7) is 4.80. The molecule has 1 aromatic carbocycles. The van der Waals surface area contributed by atoms with Gasteiger partial charge in [-0.15, -0.1) is 0 Å². The molecule has 0 saturated carbocycles. The number of nitrogens with zero attached hydrogens (tertiary/aromatic N) is 2. The van der Waals surface area contributed by atoms with Crippen molar-refractivity contribution in [2.24, 2.45) is 0 Å². The average Bonchev–Trinajstić information content (AvgIpc) is 2.86. The Morgan fingerprint density at radius 1 is 1.32 bits per heavy atom. The van der Waals surface area contributed by atoms with Gasteiger partial charge in [0.1, 0.15) is 5.82 Å². The van der Waals surface area contributed by atoms with E-state index in [0.29, 0.717) is 30.7 Å². The fraction of sp³-hybridized carbons (Fsp3) is 0.429. The molecule has 0 bridgehead atoms. The largest absolute Gasteiger partial charge is 0.338 e. The zero-order valence-corrected chi connectivity index (χ0v) is 11.2. The topological polar surface area (TPSA) is 51.0 Å². The molecule has 4 nitrogen and oxygen atoms in total. The van der Waals surface area contributed by atoms with Crippen LogP contribution in [0.1, 0.15) is 37.5 Å². The first-order valence-corrected chi connectivity index (χ1v) is 6.46. The van der Waals surface area contributed by atoms with Crippen LogP contribution in [0.15, 0.2) is 28.8 Å². The van der Waals surface area contributed by atoms with Gasteiger partial charge < -0.3 is 9.84 Å². The van der Waals surface area contributed by atoms with Gasteiger partial charge in [-0.1, -0.05) is 24.2 Å². The quantitative estimate of drug-likeness (QED) is 0.870. The van der Waals surface area contributed by atoms with Crippen molar-refractivity contribution in [3.05, 3.63) is 47.4 Å². The smallest absolute Gasteiger partial charge is 0.240 e. The molecule has 19 heavy (non-hydrogen) atoms. The summed E-state index contributed by atoms with van der Waals surface area (Å²) in [6.07, 6.45) is 1.60. The maximum Gasteiger partial charge on any atom is 0.240 e. The van der Waals surface area contributed by atoms with E-state index in [1.807, 2.05) is 0 Å². The van der Waals surface area contributed by atoms with Crippen LogP contribution in [-0.4, -0.2) is 16.2 Å². The van der Waals surface area contributed by atoms with E-state index in [1.54, 1.807) is 12.1 Å². The monoisotopic (exact) mass is 263 g/mol. The van der Waals surface area contributed by atoms with Gasteiger partial charge in [-0.2, -0.15) is 4.98 Å². The fourth-order valence-corrected chi connectivity index (χ4v) is 1.62. The van der Waals surface area contributed by atoms with Crippen LogP contribution < -0.4 is 5.32 Å². The second kappa shape index (κ2) is 6.43. The van der Waals surface area contributed by atoms with Crippen LogP contribution in [0.4, 0.5) is 4.39 Å². The Morgan fingerprint density at radius 2 is 2.05 bits per heavy atom. The number of nitrogens with one attached hydrogen (secondary N) is 1. The van der Waals surface area contributed by atoms with Gasteiger partial charge in [0.05, 0.1) is 6.54 Å². The van der Waals surface area contributed by atoms with Crippen LogP contribution in [0, 0.1) is 5.82 Å². The normalized spacial score (nSPS) is 12.6. The third kappa shape index (κ3) is 4.13. The molecule has 1 atom stereocenters. The third-order valence-corrected chi connectivity index (χ3v) is 3.00. The molecule has 1 N–H and O–H groups in total. The molecule has 0 spiro atoms. The Morgan fingerprint density at radius 3 is 2.74 bits per heavy atom. The number of hydrogen-bond donors (Lipinski definition) is 1. The second-order valence-electron chi connectivity index (χ2n) is 4.60. The molecule has 0 fully saturated rings. The molecule has 0 amide bonds. The zero-order chi connectivity index (χ0) is 13.7. The van der Waals surface area contributed by atoms with Crippen LogP contribution in [0.3, 0.4) is 0 Å². The van der Waals surface area contributed by atoms with Crippen molar-refractivity contribution < 1.29 is 8.91 Å². The first-order chi connectivity index (χ1) is 9.17. The minimum absolute atomic E-state index is 0.240. The summed E-state index contributed by atoms with van der Waals surface area (Å²) < 4.78 is 17.9. The van der Waals surface area contributed by atoms with Gasteiger partial charge >= 0.3 is 0 Å². The Hall–Kier alpha value is -1.75. The van der Waals surface area contributed by atoms with E-state index in [-0.39, 0.29) is 5.82 Å². The standard InChI is InChI=1S/C14H18FN3O/c1-3-10(2)16-9-14-17-13(18-19-14)8-11-4-6-12(15)7-5-11/h4-7,10,16H,3,8-9H2,1-2H3. The maximum atomic E-state index is 12.8. The van der Waals surface area contributed by atoms with Crippen LogP contribution >= 0.6 is 0 Å². The summed E-state index contributed by atoms with van der Waals surface area (Å²) in [7, 11) is 0. The van der Waals surface area contributed by atoms with E-state index in [2.05, 4.69) is 29.3 Å². The number of aromatic nitrogens is 2. The SMILES string of the molecule is CCC(C)NCc1nc(Cc2ccc(F)cc2)no1. The second-order valence-corrected chi connectivity index (χ2v) is 4.60. The van der Waals surface area contributed by atoms with Gasteiger partial charge in [0.15, 0.2) is 5.82 Å². The van der Waals surface area contributed by atoms with Gasteiger partial charge in [-0.05, 0) is 31.0 Å². The molecule has 1 unspecified atom stereocenters. The first kappa shape index (κ1) is 13.7. The van der Waals surface area contributed by atoms with Crippen molar-refractivity contribution in [1.82, 2.24) is 15.5 Å². The van der Waals surface area contributed by atoms with Crippen molar-refractivity contribution in [1.29, 1.82) is 0 Å². The van der Waals surface area contributed by atoms with Crippen molar-refractivity contribution in [2.75, 3.05) is 0 Å². The van der Waals surface area contributed by atoms with Gasteiger partial charge in [0.25, 0.3) is 0 Å². The Bertz CT molecular complexity index is 510. The maximum absolute atomic E-state index is 12.8. The highest BCUT2D eigenvalue weighted by Crippen LogP contribution is 2.08. The van der Waals surface area contributed by atoms with Gasteiger partial charge in [0, 0.05) is 12.5 Å². The first-order valence-electron chi connectivity index (χ1n) is 6.46. The fourth-order valence-electron chi connectivity index (χ4n) is 1.62. The summed E-state index contributed by atoms with van der Waals surface area (Å²) in [6, 6.07) is 6.74. The highest BCUT2D eigenvalue weighted by atomic mass is 19.1. The number of rotatable bonds is 6. The van der Waals surface area contributed by atoms with Gasteiger partial charge in [0.2, 0.25) is 5.89 Å². The molecule has 0 aliphatic carbocycles. The third-order valence-electron chi connectivity index (χ3n) is 3.00. The van der Waals surface area contributed by atoms with Gasteiger partial charge in [-0.25, -0.2) is 4.39 Å². The van der Waals surface area contributed by atoms with Crippen LogP contribution in [0.5, 0.6) is 0 Å². The minimum Gasteiger partial charge on any atom is -0.338 e. The molecule has 2 aromatic rings. The molecule has 102 valence electrons. The van der Waals surface area contributed by atoms with Crippen molar-refractivity contribution in [3.8, 4) is 0 Å². The van der Waals surface area contributed by atoms with Crippen molar-refractivity contribution in [2.45, 2.75) is 39.3 Å². The predicted molar refractivity (Wildman–Crippen MR) is 70.1 cm³/mol. The number of halogens is 1. The van der Waals surface area contributed by atoms with Crippen molar-refractivity contribution in [3.63, 3.8) is 0 Å². The molecule has 0 saturated heterocycles. The number of hydrogen-bond acceptors (Lipinski definition) is 4. The zero-order valence-electron chi connectivity index (χ0n) is 11.2. The molecule has 1 aromatic heterocycles. The summed E-state index contributed by atoms with van der Waals surface area (Å²) in [5.41, 5.74) is 0.962. The summed E-state index contributed by atoms with van der Waals surface area (Å²) in [4.78, 5) is 4.30. The molecular formula is C14H18FN3O. The Balaban J connectivity index is 1.91. The minimum atomic E-state index is -0.240. The molecule has 0 aliphatic heterocycles. The molecule has 0 radical (unpaired) electrons. The molecule has 5 heteroatoms. The lowest BCUT2D eigenvalue weighted by Gasteiger charge is -2.07. The molecule has 1 heterocycles. The number of benzene rings is 1. The lowest BCUT2D eigenvalue weighted by atomic mass is 10.1. The van der Waals surface area contributed by atoms with E-state index < -0.39 is 0 Å². The van der Waals surface area contributed by atoms with E-state index in [0.717, 1.165) is 12.0 Å². The van der Waals surface area contributed by atoms with E-state index in [4.69, 9.17) is 4.52 Å². The van der Waals surface area contributed by atoms with E-state index >= 15 is 0 Å². The van der Waals surface area contributed by atoms with E-state index in [1.165, 1.54) is 12.1 Å². The molecule has 2 rings (SSSR count). The predicted octanol–water partition coefficient (Wildman–Crippen LogP) is 2.69. The van der Waals surface area contributed by atoms with Crippen LogP contribution in [0.2, 0.25) is 0 Å². The lowest BCUT2D eigenvalue weighted by Crippen LogP contribution is -2.24. The van der Waals surface area contributed by atoms with E-state index in [9.17, 15) is 4.39 Å². The highest BCUT2D eigenvalue weighted by molar-refractivity contribution is 5.19. The average molecular weight is 263 g/mol. The Labute approximate surface area is 112 Å².